The van der Waals surface area contributed by atoms with Gasteiger partial charge in [-0.2, -0.15) is 0 Å². The van der Waals surface area contributed by atoms with Crippen LogP contribution in [-0.4, -0.2) is 26.4 Å². The molecule has 0 fully saturated rings. The summed E-state index contributed by atoms with van der Waals surface area (Å²) in [4.78, 5) is 16.4. The fourth-order valence-corrected chi connectivity index (χ4v) is 4.61. The van der Waals surface area contributed by atoms with Crippen molar-refractivity contribution in [2.45, 2.75) is 16.3 Å². The maximum Gasteiger partial charge on any atom is 0.287 e. The van der Waals surface area contributed by atoms with E-state index in [1.54, 1.807) is 36.7 Å². The number of aromatic nitrogens is 1. The molecule has 0 saturated carbocycles. The molecule has 2 aromatic heterocycles. The lowest BCUT2D eigenvalue weighted by molar-refractivity contribution is 0.0925. The normalized spacial score (nSPS) is 11.4. The van der Waals surface area contributed by atoms with Crippen molar-refractivity contribution in [1.82, 2.24) is 10.3 Å². The molecule has 0 spiro atoms. The molecular weight excluding hydrogens is 440 g/mol. The number of methoxy groups -OCH3 is 1. The second kappa shape index (κ2) is 8.41. The SMILES string of the molecule is COc1cc(Cl)ccc1S(=O)(=O)c1ccc(CNC(=O)c2cc3ccncc3o2)cc1. The molecule has 9 heteroatoms. The lowest BCUT2D eigenvalue weighted by atomic mass is 10.2. The number of rotatable bonds is 6. The molecule has 0 radical (unpaired) electrons. The number of amides is 1. The second-order valence-corrected chi connectivity index (χ2v) is 9.00. The summed E-state index contributed by atoms with van der Waals surface area (Å²) in [6.07, 6.45) is 3.16. The Labute approximate surface area is 183 Å². The lowest BCUT2D eigenvalue weighted by Gasteiger charge is -2.11. The molecular formula is C22H17ClN2O5S. The number of pyridine rings is 1. The number of nitrogens with zero attached hydrogens (tertiary/aromatic N) is 1. The smallest absolute Gasteiger partial charge is 0.287 e. The molecule has 0 unspecified atom stereocenters. The molecule has 7 nitrogen and oxygen atoms in total. The summed E-state index contributed by atoms with van der Waals surface area (Å²) < 4.78 is 36.6. The fraction of sp³-hybridized carbons (Fsp3) is 0.0909. The molecule has 0 aliphatic carbocycles. The predicted molar refractivity (Wildman–Crippen MR) is 115 cm³/mol. The first-order chi connectivity index (χ1) is 14.9. The number of halogens is 1. The first kappa shape index (κ1) is 20.9. The van der Waals surface area contributed by atoms with Crippen molar-refractivity contribution in [3.8, 4) is 5.75 Å². The van der Waals surface area contributed by atoms with Crippen LogP contribution in [0.25, 0.3) is 11.0 Å². The van der Waals surface area contributed by atoms with E-state index in [1.165, 1.54) is 37.4 Å². The molecule has 1 N–H and O–H groups in total. The summed E-state index contributed by atoms with van der Waals surface area (Å²) in [5.41, 5.74) is 1.26. The molecule has 4 rings (SSSR count). The third-order valence-corrected chi connectivity index (χ3v) is 6.69. The summed E-state index contributed by atoms with van der Waals surface area (Å²) in [6.45, 7) is 0.207. The minimum absolute atomic E-state index is 0.0276. The van der Waals surface area contributed by atoms with Gasteiger partial charge in [-0.05, 0) is 42.0 Å². The maximum atomic E-state index is 13.0. The zero-order valence-corrected chi connectivity index (χ0v) is 17.9. The van der Waals surface area contributed by atoms with Crippen molar-refractivity contribution in [2.24, 2.45) is 0 Å². The van der Waals surface area contributed by atoms with Crippen LogP contribution in [-0.2, 0) is 16.4 Å². The molecule has 0 atom stereocenters. The largest absolute Gasteiger partial charge is 0.495 e. The first-order valence-corrected chi connectivity index (χ1v) is 11.0. The van der Waals surface area contributed by atoms with Crippen molar-refractivity contribution in [3.63, 3.8) is 0 Å². The Bertz CT molecular complexity index is 1330. The van der Waals surface area contributed by atoms with Gasteiger partial charge in [-0.3, -0.25) is 9.78 Å². The number of benzene rings is 2. The quantitative estimate of drug-likeness (QED) is 0.465. The Morgan fingerprint density at radius 2 is 1.90 bits per heavy atom. The van der Waals surface area contributed by atoms with Crippen LogP contribution in [0.5, 0.6) is 5.75 Å². The monoisotopic (exact) mass is 456 g/mol. The fourth-order valence-electron chi connectivity index (χ4n) is 3.04. The van der Waals surface area contributed by atoms with Crippen molar-refractivity contribution in [1.29, 1.82) is 0 Å². The molecule has 0 saturated heterocycles. The van der Waals surface area contributed by atoms with Crippen LogP contribution >= 0.6 is 11.6 Å². The average Bonchev–Trinajstić information content (AvgIpc) is 3.22. The van der Waals surface area contributed by atoms with E-state index >= 15 is 0 Å². The van der Waals surface area contributed by atoms with Crippen LogP contribution in [0, 0.1) is 0 Å². The highest BCUT2D eigenvalue weighted by atomic mass is 35.5. The second-order valence-electron chi connectivity index (χ2n) is 6.65. The number of fused-ring (bicyclic) bond motifs is 1. The highest BCUT2D eigenvalue weighted by molar-refractivity contribution is 7.91. The Kier molecular flexibility index (Phi) is 5.67. The van der Waals surface area contributed by atoms with Gasteiger partial charge in [0.25, 0.3) is 5.91 Å². The van der Waals surface area contributed by atoms with Crippen LogP contribution in [0.2, 0.25) is 5.02 Å². The molecule has 0 aliphatic rings. The molecule has 2 heterocycles. The van der Waals surface area contributed by atoms with Crippen molar-refractivity contribution in [2.75, 3.05) is 7.11 Å². The third-order valence-electron chi connectivity index (χ3n) is 4.65. The molecule has 31 heavy (non-hydrogen) atoms. The zero-order valence-electron chi connectivity index (χ0n) is 16.3. The molecule has 0 bridgehead atoms. The zero-order chi connectivity index (χ0) is 22.0. The maximum absolute atomic E-state index is 13.0. The minimum Gasteiger partial charge on any atom is -0.495 e. The number of hydrogen-bond acceptors (Lipinski definition) is 6. The van der Waals surface area contributed by atoms with E-state index < -0.39 is 9.84 Å². The molecule has 2 aromatic carbocycles. The average molecular weight is 457 g/mol. The first-order valence-electron chi connectivity index (χ1n) is 9.18. The highest BCUT2D eigenvalue weighted by Gasteiger charge is 2.22. The Balaban J connectivity index is 1.48. The van der Waals surface area contributed by atoms with Gasteiger partial charge in [0.05, 0.1) is 18.2 Å². The van der Waals surface area contributed by atoms with E-state index in [9.17, 15) is 13.2 Å². The number of sulfone groups is 1. The number of hydrogen-bond donors (Lipinski definition) is 1. The molecule has 1 amide bonds. The van der Waals surface area contributed by atoms with E-state index in [0.29, 0.717) is 10.6 Å². The Morgan fingerprint density at radius 3 is 2.61 bits per heavy atom. The van der Waals surface area contributed by atoms with Crippen LogP contribution in [0.4, 0.5) is 0 Å². The number of nitrogens with one attached hydrogen (secondary N) is 1. The van der Waals surface area contributed by atoms with Gasteiger partial charge in [0, 0.05) is 29.2 Å². The lowest BCUT2D eigenvalue weighted by Crippen LogP contribution is -2.22. The number of carbonyl (C=O) groups is 1. The third kappa shape index (κ3) is 4.26. The van der Waals surface area contributed by atoms with Crippen LogP contribution in [0.3, 0.4) is 0 Å². The molecule has 4 aromatic rings. The topological polar surface area (TPSA) is 98.5 Å². The van der Waals surface area contributed by atoms with Gasteiger partial charge in [0.2, 0.25) is 9.84 Å². The van der Waals surface area contributed by atoms with Gasteiger partial charge in [0.15, 0.2) is 11.3 Å². The summed E-state index contributed by atoms with van der Waals surface area (Å²) >= 11 is 5.92. The number of furan rings is 1. The Morgan fingerprint density at radius 1 is 1.13 bits per heavy atom. The minimum atomic E-state index is -3.80. The van der Waals surface area contributed by atoms with E-state index in [2.05, 4.69) is 10.3 Å². The van der Waals surface area contributed by atoms with Gasteiger partial charge in [-0.25, -0.2) is 8.42 Å². The standard InChI is InChI=1S/C22H17ClN2O5S/c1-29-18-11-16(23)4-7-21(18)31(27,28)17-5-2-14(3-6-17)12-25-22(26)19-10-15-8-9-24-13-20(15)30-19/h2-11,13H,12H2,1H3,(H,25,26). The van der Waals surface area contributed by atoms with Gasteiger partial charge in [0.1, 0.15) is 10.6 Å². The summed E-state index contributed by atoms with van der Waals surface area (Å²) in [5.74, 6) is -0.0271. The predicted octanol–water partition coefficient (Wildman–Crippen LogP) is 4.25. The van der Waals surface area contributed by atoms with Crippen molar-refractivity contribution < 1.29 is 22.4 Å². The van der Waals surface area contributed by atoms with Crippen LogP contribution < -0.4 is 10.1 Å². The highest BCUT2D eigenvalue weighted by Crippen LogP contribution is 2.31. The van der Waals surface area contributed by atoms with Crippen molar-refractivity contribution >= 4 is 38.3 Å². The van der Waals surface area contributed by atoms with Crippen LogP contribution in [0.15, 0.2) is 81.2 Å². The molecule has 158 valence electrons. The number of ether oxygens (including phenoxy) is 1. The molecule has 0 aliphatic heterocycles. The van der Waals surface area contributed by atoms with Gasteiger partial charge in [-0.15, -0.1) is 0 Å². The van der Waals surface area contributed by atoms with E-state index in [4.69, 9.17) is 20.8 Å². The van der Waals surface area contributed by atoms with E-state index in [0.717, 1.165) is 10.9 Å². The van der Waals surface area contributed by atoms with Gasteiger partial charge >= 0.3 is 0 Å². The van der Waals surface area contributed by atoms with E-state index in [-0.39, 0.29) is 33.8 Å². The van der Waals surface area contributed by atoms with Gasteiger partial charge < -0.3 is 14.5 Å². The Hall–Kier alpha value is -3.36. The van der Waals surface area contributed by atoms with Crippen molar-refractivity contribution in [3.05, 3.63) is 83.3 Å². The summed E-state index contributed by atoms with van der Waals surface area (Å²) in [5, 5.41) is 3.92. The van der Waals surface area contributed by atoms with E-state index in [1.807, 2.05) is 0 Å². The summed E-state index contributed by atoms with van der Waals surface area (Å²) in [7, 11) is -2.41. The number of carbonyl (C=O) groups excluding carboxylic acids is 1. The van der Waals surface area contributed by atoms with Crippen LogP contribution in [0.1, 0.15) is 16.1 Å². The summed E-state index contributed by atoms with van der Waals surface area (Å²) in [6, 6.07) is 14.0. The van der Waals surface area contributed by atoms with Gasteiger partial charge in [-0.1, -0.05) is 23.7 Å².